The lowest BCUT2D eigenvalue weighted by molar-refractivity contribution is -0.134. The van der Waals surface area contributed by atoms with Gasteiger partial charge < -0.3 is 20.1 Å². The molecule has 0 aliphatic heterocycles. The zero-order valence-electron chi connectivity index (χ0n) is 14.0. The smallest absolute Gasteiger partial charge is 0.252 e. The van der Waals surface area contributed by atoms with Crippen molar-refractivity contribution < 1.29 is 19.4 Å². The Labute approximate surface area is 137 Å². The second kappa shape index (κ2) is 9.84. The minimum absolute atomic E-state index is 0.257. The van der Waals surface area contributed by atoms with E-state index in [1.807, 2.05) is 13.8 Å². The van der Waals surface area contributed by atoms with E-state index >= 15 is 0 Å². The molecule has 0 aromatic heterocycles. The topological polar surface area (TPSA) is 78.9 Å². The molecule has 2 amide bonds. The van der Waals surface area contributed by atoms with Crippen LogP contribution in [0.3, 0.4) is 0 Å². The molecule has 0 unspecified atom stereocenters. The molecule has 0 saturated carbocycles. The third-order valence-electron chi connectivity index (χ3n) is 3.42. The molecule has 1 aromatic carbocycles. The molecular weight excluding hydrogens is 296 g/mol. The number of methoxy groups -OCH3 is 1. The van der Waals surface area contributed by atoms with E-state index in [2.05, 4.69) is 5.32 Å². The average molecular weight is 322 g/mol. The number of carbonyl (C=O) groups is 2. The molecule has 0 fully saturated rings. The SMILES string of the molecule is CCCN(CCC)C(=O)[C@H](CO)NC(=O)c1cccc(OC)c1. The number of amides is 2. The van der Waals surface area contributed by atoms with Gasteiger partial charge in [-0.25, -0.2) is 0 Å². The van der Waals surface area contributed by atoms with Crippen molar-refractivity contribution in [2.75, 3.05) is 26.8 Å². The first-order valence-corrected chi connectivity index (χ1v) is 7.91. The molecular formula is C17H26N2O4. The summed E-state index contributed by atoms with van der Waals surface area (Å²) in [4.78, 5) is 26.4. The van der Waals surface area contributed by atoms with Gasteiger partial charge >= 0.3 is 0 Å². The second-order valence-electron chi connectivity index (χ2n) is 5.27. The predicted octanol–water partition coefficient (Wildman–Crippen LogP) is 1.43. The summed E-state index contributed by atoms with van der Waals surface area (Å²) < 4.78 is 5.08. The fourth-order valence-corrected chi connectivity index (χ4v) is 2.28. The van der Waals surface area contributed by atoms with E-state index < -0.39 is 18.6 Å². The molecule has 0 heterocycles. The first-order chi connectivity index (χ1) is 11.1. The number of carbonyl (C=O) groups excluding carboxylic acids is 2. The van der Waals surface area contributed by atoms with Crippen LogP contribution in [0.15, 0.2) is 24.3 Å². The van der Waals surface area contributed by atoms with Crippen LogP contribution in [0.4, 0.5) is 0 Å². The maximum Gasteiger partial charge on any atom is 0.252 e. The van der Waals surface area contributed by atoms with Crippen LogP contribution in [0.25, 0.3) is 0 Å². The number of benzene rings is 1. The fraction of sp³-hybridized carbons (Fsp3) is 0.529. The van der Waals surface area contributed by atoms with Crippen LogP contribution in [0.2, 0.25) is 0 Å². The summed E-state index contributed by atoms with van der Waals surface area (Å²) in [5, 5.41) is 12.1. The van der Waals surface area contributed by atoms with Crippen molar-refractivity contribution in [1.29, 1.82) is 0 Å². The lowest BCUT2D eigenvalue weighted by Crippen LogP contribution is -2.51. The van der Waals surface area contributed by atoms with Crippen LogP contribution >= 0.6 is 0 Å². The minimum Gasteiger partial charge on any atom is -0.497 e. The zero-order chi connectivity index (χ0) is 17.2. The van der Waals surface area contributed by atoms with Crippen molar-refractivity contribution in [1.82, 2.24) is 10.2 Å². The fourth-order valence-electron chi connectivity index (χ4n) is 2.28. The zero-order valence-corrected chi connectivity index (χ0v) is 14.0. The molecule has 128 valence electrons. The van der Waals surface area contributed by atoms with Crippen molar-refractivity contribution in [3.63, 3.8) is 0 Å². The maximum atomic E-state index is 12.5. The number of hydrogen-bond acceptors (Lipinski definition) is 4. The summed E-state index contributed by atoms with van der Waals surface area (Å²) in [6.45, 7) is 4.76. The van der Waals surface area contributed by atoms with E-state index in [1.165, 1.54) is 7.11 Å². The largest absolute Gasteiger partial charge is 0.497 e. The van der Waals surface area contributed by atoms with Gasteiger partial charge in [0.15, 0.2) is 0 Å². The lowest BCUT2D eigenvalue weighted by atomic mass is 10.1. The number of nitrogens with zero attached hydrogens (tertiary/aromatic N) is 1. The van der Waals surface area contributed by atoms with Crippen LogP contribution in [-0.4, -0.2) is 54.7 Å². The van der Waals surface area contributed by atoms with Gasteiger partial charge in [0.2, 0.25) is 5.91 Å². The van der Waals surface area contributed by atoms with E-state index in [0.29, 0.717) is 24.4 Å². The van der Waals surface area contributed by atoms with E-state index in [0.717, 1.165) is 12.8 Å². The molecule has 0 bridgehead atoms. The Kier molecular flexibility index (Phi) is 8.11. The van der Waals surface area contributed by atoms with Gasteiger partial charge in [0.05, 0.1) is 13.7 Å². The molecule has 0 aliphatic rings. The van der Waals surface area contributed by atoms with E-state index in [4.69, 9.17) is 4.74 Å². The van der Waals surface area contributed by atoms with Gasteiger partial charge in [0, 0.05) is 18.7 Å². The van der Waals surface area contributed by atoms with Crippen LogP contribution < -0.4 is 10.1 Å². The molecule has 0 spiro atoms. The minimum atomic E-state index is -0.938. The molecule has 6 nitrogen and oxygen atoms in total. The van der Waals surface area contributed by atoms with Gasteiger partial charge in [-0.1, -0.05) is 19.9 Å². The van der Waals surface area contributed by atoms with Gasteiger partial charge in [-0.2, -0.15) is 0 Å². The standard InChI is InChI=1S/C17H26N2O4/c1-4-9-19(10-5-2)17(22)15(12-20)18-16(21)13-7-6-8-14(11-13)23-3/h6-8,11,15,20H,4-5,9-10,12H2,1-3H3,(H,18,21)/t15-/m0/s1. The average Bonchev–Trinajstić information content (AvgIpc) is 2.58. The van der Waals surface area contributed by atoms with E-state index in [1.54, 1.807) is 29.2 Å². The summed E-state index contributed by atoms with van der Waals surface area (Å²) >= 11 is 0. The number of hydrogen-bond donors (Lipinski definition) is 2. The molecule has 1 atom stereocenters. The lowest BCUT2D eigenvalue weighted by Gasteiger charge is -2.26. The normalized spacial score (nSPS) is 11.7. The van der Waals surface area contributed by atoms with Gasteiger partial charge in [-0.3, -0.25) is 9.59 Å². The van der Waals surface area contributed by atoms with Gasteiger partial charge in [-0.15, -0.1) is 0 Å². The predicted molar refractivity (Wildman–Crippen MR) is 88.5 cm³/mol. The second-order valence-corrected chi connectivity index (χ2v) is 5.27. The van der Waals surface area contributed by atoms with Crippen LogP contribution in [0, 0.1) is 0 Å². The third-order valence-corrected chi connectivity index (χ3v) is 3.42. The number of aliphatic hydroxyl groups is 1. The summed E-state index contributed by atoms with van der Waals surface area (Å²) in [6.07, 6.45) is 1.65. The maximum absolute atomic E-state index is 12.5. The summed E-state index contributed by atoms with van der Waals surface area (Å²) in [5.74, 6) is -0.111. The monoisotopic (exact) mass is 322 g/mol. The van der Waals surface area contributed by atoms with Crippen molar-refractivity contribution >= 4 is 11.8 Å². The van der Waals surface area contributed by atoms with Crippen molar-refractivity contribution in [2.24, 2.45) is 0 Å². The van der Waals surface area contributed by atoms with Crippen LogP contribution in [0.5, 0.6) is 5.75 Å². The van der Waals surface area contributed by atoms with E-state index in [-0.39, 0.29) is 5.91 Å². The molecule has 1 rings (SSSR count). The van der Waals surface area contributed by atoms with Crippen LogP contribution in [0.1, 0.15) is 37.0 Å². The number of ether oxygens (including phenoxy) is 1. The highest BCUT2D eigenvalue weighted by Gasteiger charge is 2.25. The number of rotatable bonds is 9. The van der Waals surface area contributed by atoms with Crippen molar-refractivity contribution in [3.8, 4) is 5.75 Å². The van der Waals surface area contributed by atoms with Crippen LogP contribution in [-0.2, 0) is 4.79 Å². The third kappa shape index (κ3) is 5.56. The quantitative estimate of drug-likeness (QED) is 0.721. The summed E-state index contributed by atoms with van der Waals surface area (Å²) in [6, 6.07) is 5.71. The molecule has 1 aromatic rings. The first kappa shape index (κ1) is 19.0. The highest BCUT2D eigenvalue weighted by Crippen LogP contribution is 2.12. The van der Waals surface area contributed by atoms with Crippen molar-refractivity contribution in [2.45, 2.75) is 32.7 Å². The number of nitrogens with one attached hydrogen (secondary N) is 1. The highest BCUT2D eigenvalue weighted by molar-refractivity contribution is 5.97. The number of aliphatic hydroxyl groups excluding tert-OH is 1. The van der Waals surface area contributed by atoms with Gasteiger partial charge in [-0.05, 0) is 31.0 Å². The Balaban J connectivity index is 2.80. The summed E-state index contributed by atoms with van der Waals surface area (Å²) in [5.41, 5.74) is 0.383. The molecule has 23 heavy (non-hydrogen) atoms. The summed E-state index contributed by atoms with van der Waals surface area (Å²) in [7, 11) is 1.52. The Bertz CT molecular complexity index is 513. The van der Waals surface area contributed by atoms with E-state index in [9.17, 15) is 14.7 Å². The first-order valence-electron chi connectivity index (χ1n) is 7.91. The molecule has 2 N–H and O–H groups in total. The van der Waals surface area contributed by atoms with Gasteiger partial charge in [0.25, 0.3) is 5.91 Å². The molecule has 0 aliphatic carbocycles. The Morgan fingerprint density at radius 1 is 1.26 bits per heavy atom. The van der Waals surface area contributed by atoms with Gasteiger partial charge in [0.1, 0.15) is 11.8 Å². The Morgan fingerprint density at radius 2 is 1.91 bits per heavy atom. The highest BCUT2D eigenvalue weighted by atomic mass is 16.5. The molecule has 0 radical (unpaired) electrons. The Morgan fingerprint density at radius 3 is 2.43 bits per heavy atom. The Hall–Kier alpha value is -2.08. The molecule has 6 heteroatoms. The van der Waals surface area contributed by atoms with Crippen molar-refractivity contribution in [3.05, 3.63) is 29.8 Å². The molecule has 0 saturated heterocycles.